The lowest BCUT2D eigenvalue weighted by Gasteiger charge is -2.26. The highest BCUT2D eigenvalue weighted by atomic mass is 35.5. The van der Waals surface area contributed by atoms with E-state index in [9.17, 15) is 14.4 Å². The minimum atomic E-state index is -0.581. The number of nitrogens with one attached hydrogen (secondary N) is 1. The number of hydrogen-bond donors (Lipinski definition) is 1. The molecule has 46 heavy (non-hydrogen) atoms. The topological polar surface area (TPSA) is 134 Å². The average molecular weight is 664 g/mol. The predicted molar refractivity (Wildman–Crippen MR) is 174 cm³/mol. The van der Waals surface area contributed by atoms with Gasteiger partial charge in [-0.2, -0.15) is 0 Å². The van der Waals surface area contributed by atoms with Crippen LogP contribution < -0.4 is 14.8 Å². The maximum absolute atomic E-state index is 13.5. The SMILES string of the molecule is CCOCOc1cc2c(c(OCOCC)c1)C(=O)OCC/C=C/[C@H](NC(=O)CCl)C/C=C/C(=N/COCC(=O)N1CCCCC1)C2. The molecule has 13 heteroatoms. The molecule has 0 aliphatic carbocycles. The third-order valence-electron chi connectivity index (χ3n) is 7.10. The first-order chi connectivity index (χ1) is 22.4. The van der Waals surface area contributed by atoms with Crippen molar-refractivity contribution in [2.45, 2.75) is 58.4 Å². The summed E-state index contributed by atoms with van der Waals surface area (Å²) in [6.07, 6.45) is 11.6. The Morgan fingerprint density at radius 1 is 1.04 bits per heavy atom. The Morgan fingerprint density at radius 2 is 1.80 bits per heavy atom. The van der Waals surface area contributed by atoms with Crippen LogP contribution in [0.5, 0.6) is 11.5 Å². The zero-order valence-electron chi connectivity index (χ0n) is 26.8. The molecule has 1 atom stereocenters. The monoisotopic (exact) mass is 663 g/mol. The van der Waals surface area contributed by atoms with Gasteiger partial charge in [0.1, 0.15) is 36.3 Å². The standard InChI is InChI=1S/C33H46ClN3O9/c1-3-41-23-45-28-18-25-17-27(35-22-43-21-31(39)37-14-7-5-8-15-37)13-10-12-26(36-30(38)20-34)11-6-9-16-44-33(40)32(25)29(19-28)46-24-42-4-2/h6,10-11,13,18-19,26H,3-5,7-9,12,14-17,20-24H2,1-2H3,(H,36,38)/b11-6+,13-10+,35-27-/t26-/m0/s1. The minimum Gasteiger partial charge on any atom is -0.467 e. The van der Waals surface area contributed by atoms with E-state index in [1.807, 2.05) is 37.0 Å². The fourth-order valence-corrected chi connectivity index (χ4v) is 4.86. The van der Waals surface area contributed by atoms with Gasteiger partial charge < -0.3 is 38.6 Å². The second-order valence-corrected chi connectivity index (χ2v) is 10.8. The third kappa shape index (κ3) is 13.1. The minimum absolute atomic E-state index is 0.00607. The van der Waals surface area contributed by atoms with Gasteiger partial charge in [0, 0.05) is 44.5 Å². The molecule has 0 bridgehead atoms. The summed E-state index contributed by atoms with van der Waals surface area (Å²) in [4.78, 5) is 44.6. The molecule has 254 valence electrons. The van der Waals surface area contributed by atoms with Crippen molar-refractivity contribution in [3.05, 3.63) is 47.6 Å². The highest BCUT2D eigenvalue weighted by Crippen LogP contribution is 2.31. The quantitative estimate of drug-likeness (QED) is 0.102. The number of benzene rings is 1. The van der Waals surface area contributed by atoms with Crippen molar-refractivity contribution in [3.63, 3.8) is 0 Å². The van der Waals surface area contributed by atoms with Crippen LogP contribution in [0.15, 0.2) is 41.4 Å². The molecule has 0 unspecified atom stereocenters. The maximum atomic E-state index is 13.5. The van der Waals surface area contributed by atoms with Crippen molar-refractivity contribution in [1.82, 2.24) is 10.2 Å². The van der Waals surface area contributed by atoms with Gasteiger partial charge in [0.15, 0.2) is 13.6 Å². The van der Waals surface area contributed by atoms with Gasteiger partial charge in [-0.15, -0.1) is 11.6 Å². The van der Waals surface area contributed by atoms with Crippen molar-refractivity contribution in [2.75, 3.05) is 65.7 Å². The molecule has 1 aromatic rings. The van der Waals surface area contributed by atoms with Crippen molar-refractivity contribution in [1.29, 1.82) is 0 Å². The fraction of sp³-hybridized carbons (Fsp3) is 0.576. The molecule has 2 amide bonds. The second-order valence-electron chi connectivity index (χ2n) is 10.5. The van der Waals surface area contributed by atoms with Crippen LogP contribution in [0.25, 0.3) is 0 Å². The molecule has 1 N–H and O–H groups in total. The first kappa shape index (κ1) is 37.0. The van der Waals surface area contributed by atoms with Crippen LogP contribution >= 0.6 is 11.6 Å². The Kier molecular flexibility index (Phi) is 17.2. The van der Waals surface area contributed by atoms with E-state index in [-0.39, 0.29) is 75.0 Å². The number of piperidine rings is 1. The second kappa shape index (κ2) is 21.4. The molecule has 2 aliphatic rings. The summed E-state index contributed by atoms with van der Waals surface area (Å²) in [5.41, 5.74) is 1.32. The predicted octanol–water partition coefficient (Wildman–Crippen LogP) is 4.19. The molecule has 12 nitrogen and oxygen atoms in total. The number of likely N-dealkylation sites (tertiary alicyclic amines) is 1. The van der Waals surface area contributed by atoms with Gasteiger partial charge in [0.05, 0.1) is 12.6 Å². The van der Waals surface area contributed by atoms with Gasteiger partial charge in [-0.1, -0.05) is 18.2 Å². The van der Waals surface area contributed by atoms with Gasteiger partial charge in [0.25, 0.3) is 0 Å². The van der Waals surface area contributed by atoms with Crippen molar-refractivity contribution < 1.29 is 42.8 Å². The molecule has 1 saturated heterocycles. The van der Waals surface area contributed by atoms with Gasteiger partial charge in [-0.05, 0) is 63.7 Å². The van der Waals surface area contributed by atoms with Gasteiger partial charge in [-0.3, -0.25) is 14.6 Å². The van der Waals surface area contributed by atoms with E-state index < -0.39 is 5.97 Å². The average Bonchev–Trinajstić information content (AvgIpc) is 3.06. The lowest BCUT2D eigenvalue weighted by Crippen LogP contribution is -2.38. The lowest BCUT2D eigenvalue weighted by atomic mass is 9.99. The van der Waals surface area contributed by atoms with E-state index in [0.717, 1.165) is 32.4 Å². The summed E-state index contributed by atoms with van der Waals surface area (Å²) in [5, 5.41) is 2.87. The normalized spacial score (nSPS) is 19.8. The van der Waals surface area contributed by atoms with Crippen molar-refractivity contribution >= 4 is 35.1 Å². The number of hydrogen-bond acceptors (Lipinski definition) is 10. The molecule has 0 saturated carbocycles. The summed E-state index contributed by atoms with van der Waals surface area (Å²) in [6, 6.07) is 3.00. The van der Waals surface area contributed by atoms with E-state index in [0.29, 0.717) is 43.1 Å². The number of carbonyl (C=O) groups excluding carboxylic acids is 3. The molecular weight excluding hydrogens is 618 g/mol. The third-order valence-corrected chi connectivity index (χ3v) is 7.34. The van der Waals surface area contributed by atoms with Crippen LogP contribution in [0, 0.1) is 0 Å². The number of rotatable bonds is 14. The first-order valence-electron chi connectivity index (χ1n) is 15.8. The van der Waals surface area contributed by atoms with Crippen LogP contribution in [0.1, 0.15) is 61.9 Å². The fourth-order valence-electron chi connectivity index (χ4n) is 4.79. The van der Waals surface area contributed by atoms with E-state index in [1.165, 1.54) is 0 Å². The summed E-state index contributed by atoms with van der Waals surface area (Å²) >= 11 is 5.72. The Balaban J connectivity index is 1.94. The molecule has 0 radical (unpaired) electrons. The highest BCUT2D eigenvalue weighted by Gasteiger charge is 2.23. The van der Waals surface area contributed by atoms with Gasteiger partial charge in [0.2, 0.25) is 11.8 Å². The highest BCUT2D eigenvalue weighted by molar-refractivity contribution is 6.27. The number of nitrogens with zero attached hydrogens (tertiary/aromatic N) is 2. The summed E-state index contributed by atoms with van der Waals surface area (Å²) < 4.78 is 33.8. The van der Waals surface area contributed by atoms with Crippen LogP contribution in [0.4, 0.5) is 0 Å². The number of amides is 2. The van der Waals surface area contributed by atoms with Crippen LogP contribution in [-0.2, 0) is 35.0 Å². The smallest absolute Gasteiger partial charge is 0.342 e. The molecule has 1 aromatic carbocycles. The molecule has 2 heterocycles. The molecule has 3 rings (SSSR count). The van der Waals surface area contributed by atoms with Crippen molar-refractivity contribution in [3.8, 4) is 11.5 Å². The van der Waals surface area contributed by atoms with Crippen LogP contribution in [-0.4, -0.2) is 100 Å². The molecule has 2 aliphatic heterocycles. The Labute approximate surface area is 276 Å². The summed E-state index contributed by atoms with van der Waals surface area (Å²) in [6.45, 7) is 5.95. The number of carbonyl (C=O) groups is 3. The number of allylic oxidation sites excluding steroid dienone is 1. The van der Waals surface area contributed by atoms with Crippen LogP contribution in [0.3, 0.4) is 0 Å². The van der Waals surface area contributed by atoms with Crippen molar-refractivity contribution in [2.24, 2.45) is 4.99 Å². The number of cyclic esters (lactones) is 1. The number of esters is 1. The Morgan fingerprint density at radius 3 is 2.54 bits per heavy atom. The van der Waals surface area contributed by atoms with E-state index in [2.05, 4.69) is 10.3 Å². The maximum Gasteiger partial charge on any atom is 0.342 e. The Bertz CT molecular complexity index is 1210. The molecule has 0 spiro atoms. The van der Waals surface area contributed by atoms with E-state index in [1.54, 1.807) is 18.2 Å². The van der Waals surface area contributed by atoms with Crippen LogP contribution in [0.2, 0.25) is 0 Å². The summed E-state index contributed by atoms with van der Waals surface area (Å²) in [5.74, 6) is -0.449. The number of halogens is 1. The summed E-state index contributed by atoms with van der Waals surface area (Å²) in [7, 11) is 0. The zero-order chi connectivity index (χ0) is 33.0. The lowest BCUT2D eigenvalue weighted by molar-refractivity contribution is -0.136. The zero-order valence-corrected chi connectivity index (χ0v) is 27.6. The molecular formula is C33H46ClN3O9. The van der Waals surface area contributed by atoms with Gasteiger partial charge in [-0.25, -0.2) is 4.79 Å². The first-order valence-corrected chi connectivity index (χ1v) is 16.3. The number of fused-ring (bicyclic) bond motifs is 1. The largest absolute Gasteiger partial charge is 0.467 e. The number of ether oxygens (including phenoxy) is 6. The number of aliphatic imine (C=N–C) groups is 1. The molecule has 0 aromatic heterocycles. The Hall–Kier alpha value is -3.45. The molecule has 1 fully saturated rings. The van der Waals surface area contributed by atoms with E-state index >= 15 is 0 Å². The van der Waals surface area contributed by atoms with Gasteiger partial charge >= 0.3 is 5.97 Å². The van der Waals surface area contributed by atoms with E-state index in [4.69, 9.17) is 40.0 Å². The number of alkyl halides is 1.